The van der Waals surface area contributed by atoms with E-state index in [1.807, 2.05) is 29.8 Å². The molecule has 0 unspecified atom stereocenters. The van der Waals surface area contributed by atoms with Gasteiger partial charge in [0.15, 0.2) is 9.84 Å². The molecular weight excluding hydrogens is 615 g/mol. The maximum Gasteiger partial charge on any atom is 0.261 e. The summed E-state index contributed by atoms with van der Waals surface area (Å²) < 4.78 is 56.5. The van der Waals surface area contributed by atoms with Gasteiger partial charge in [-0.1, -0.05) is 42.5 Å². The minimum atomic E-state index is -4.30. The third-order valence-corrected chi connectivity index (χ3v) is 10.1. The summed E-state index contributed by atoms with van der Waals surface area (Å²) in [4.78, 5) is 27.3. The number of benzene rings is 3. The van der Waals surface area contributed by atoms with E-state index in [4.69, 9.17) is 4.98 Å². The predicted octanol–water partition coefficient (Wildman–Crippen LogP) is 3.95. The molecule has 0 aliphatic heterocycles. The SMILES string of the molecule is Cc1cc(-n2ccnc2)cc2[nH]c(-c3c(NC[C@@H](NS(=O)(=O)c4ccccc4S(C)(=O)=O)c4ccccc4)cc[nH]c3=O)nc12. The highest BCUT2D eigenvalue weighted by molar-refractivity contribution is 7.93. The van der Waals surface area contributed by atoms with Gasteiger partial charge in [-0.15, -0.1) is 0 Å². The van der Waals surface area contributed by atoms with Gasteiger partial charge in [-0.3, -0.25) is 4.79 Å². The highest BCUT2D eigenvalue weighted by Gasteiger charge is 2.27. The molecule has 230 valence electrons. The Morgan fingerprint density at radius 3 is 2.40 bits per heavy atom. The first-order valence-electron chi connectivity index (χ1n) is 13.8. The number of hydrogen-bond donors (Lipinski definition) is 4. The van der Waals surface area contributed by atoms with Gasteiger partial charge >= 0.3 is 0 Å². The molecule has 0 aliphatic carbocycles. The molecule has 12 nitrogen and oxygen atoms in total. The molecule has 0 radical (unpaired) electrons. The molecule has 0 spiro atoms. The zero-order valence-corrected chi connectivity index (χ0v) is 25.9. The van der Waals surface area contributed by atoms with Gasteiger partial charge in [-0.25, -0.2) is 31.5 Å². The lowest BCUT2D eigenvalue weighted by atomic mass is 10.1. The van der Waals surface area contributed by atoms with Crippen molar-refractivity contribution < 1.29 is 16.8 Å². The average Bonchev–Trinajstić information content (AvgIpc) is 3.70. The standard InChI is InChI=1S/C31H29N7O5S2/c1-20-16-22(38-15-14-32-19-38)17-24-29(20)36-30(35-24)28-23(12-13-33-31(28)39)34-18-25(21-8-4-3-5-9-21)37-45(42,43)27-11-7-6-10-26(27)44(2,40)41/h3-17,19,25,37H,18H2,1-2H3,(H,35,36)(H2,33,34,39)/t25-/m1/s1. The second-order valence-corrected chi connectivity index (χ2v) is 14.2. The van der Waals surface area contributed by atoms with Gasteiger partial charge in [0.25, 0.3) is 5.56 Å². The number of pyridine rings is 1. The number of anilines is 1. The molecule has 14 heteroatoms. The van der Waals surface area contributed by atoms with Gasteiger partial charge in [-0.05, 0) is 48.4 Å². The molecule has 45 heavy (non-hydrogen) atoms. The van der Waals surface area contributed by atoms with Gasteiger partial charge in [0, 0.05) is 37.1 Å². The van der Waals surface area contributed by atoms with Crippen LogP contribution >= 0.6 is 0 Å². The number of nitrogens with one attached hydrogen (secondary N) is 4. The Morgan fingerprint density at radius 2 is 1.69 bits per heavy atom. The Balaban J connectivity index is 1.35. The smallest absolute Gasteiger partial charge is 0.261 e. The van der Waals surface area contributed by atoms with Crippen LogP contribution in [-0.4, -0.2) is 54.1 Å². The normalized spacial score (nSPS) is 12.8. The third kappa shape index (κ3) is 6.16. The lowest BCUT2D eigenvalue weighted by molar-refractivity contribution is 0.557. The fourth-order valence-corrected chi connectivity index (χ4v) is 8.02. The van der Waals surface area contributed by atoms with E-state index < -0.39 is 31.5 Å². The van der Waals surface area contributed by atoms with E-state index in [1.54, 1.807) is 48.9 Å². The first-order chi connectivity index (χ1) is 21.5. The van der Waals surface area contributed by atoms with Crippen molar-refractivity contribution in [1.82, 2.24) is 29.2 Å². The highest BCUT2D eigenvalue weighted by Crippen LogP contribution is 2.29. The number of aromatic amines is 2. The second kappa shape index (κ2) is 11.8. The van der Waals surface area contributed by atoms with Crippen LogP contribution in [0.5, 0.6) is 0 Å². The summed E-state index contributed by atoms with van der Waals surface area (Å²) in [6.07, 6.45) is 7.66. The van der Waals surface area contributed by atoms with Crippen molar-refractivity contribution in [2.24, 2.45) is 0 Å². The quantitative estimate of drug-likeness (QED) is 0.174. The Bertz CT molecular complexity index is 2280. The first-order valence-corrected chi connectivity index (χ1v) is 17.2. The minimum Gasteiger partial charge on any atom is -0.382 e. The zero-order chi connectivity index (χ0) is 31.8. The van der Waals surface area contributed by atoms with E-state index in [9.17, 15) is 21.6 Å². The summed E-state index contributed by atoms with van der Waals surface area (Å²) >= 11 is 0. The minimum absolute atomic E-state index is 0.0186. The number of H-pyrrole nitrogens is 2. The van der Waals surface area contributed by atoms with Crippen molar-refractivity contribution in [1.29, 1.82) is 0 Å². The molecule has 0 amide bonds. The van der Waals surface area contributed by atoms with Crippen LogP contribution in [0.4, 0.5) is 5.69 Å². The summed E-state index contributed by atoms with van der Waals surface area (Å²) in [6, 6.07) is 19.0. The van der Waals surface area contributed by atoms with Crippen molar-refractivity contribution >= 4 is 36.6 Å². The lowest BCUT2D eigenvalue weighted by Gasteiger charge is -2.22. The van der Waals surface area contributed by atoms with E-state index in [2.05, 4.69) is 25.0 Å². The average molecular weight is 644 g/mol. The molecule has 0 saturated carbocycles. The second-order valence-electron chi connectivity index (χ2n) is 10.5. The van der Waals surface area contributed by atoms with E-state index in [-0.39, 0.29) is 21.9 Å². The van der Waals surface area contributed by atoms with Crippen LogP contribution < -0.4 is 15.6 Å². The zero-order valence-electron chi connectivity index (χ0n) is 24.2. The molecule has 0 saturated heterocycles. The number of imidazole rings is 2. The van der Waals surface area contributed by atoms with E-state index in [1.165, 1.54) is 30.5 Å². The van der Waals surface area contributed by atoms with Crippen LogP contribution in [0.2, 0.25) is 0 Å². The number of aromatic nitrogens is 5. The predicted molar refractivity (Wildman–Crippen MR) is 172 cm³/mol. The largest absolute Gasteiger partial charge is 0.382 e. The van der Waals surface area contributed by atoms with Gasteiger partial charge in [-0.2, -0.15) is 0 Å². The molecule has 3 heterocycles. The third-order valence-electron chi connectivity index (χ3n) is 7.30. The van der Waals surface area contributed by atoms with Gasteiger partial charge in [0.05, 0.1) is 34.0 Å². The first kappa shape index (κ1) is 30.0. The van der Waals surface area contributed by atoms with Crippen molar-refractivity contribution in [2.45, 2.75) is 22.8 Å². The maximum absolute atomic E-state index is 13.6. The number of fused-ring (bicyclic) bond motifs is 1. The number of nitrogens with zero attached hydrogens (tertiary/aromatic N) is 3. The summed E-state index contributed by atoms with van der Waals surface area (Å²) in [5, 5.41) is 3.23. The molecule has 4 N–H and O–H groups in total. The van der Waals surface area contributed by atoms with Gasteiger partial charge < -0.3 is 19.9 Å². The van der Waals surface area contributed by atoms with Crippen molar-refractivity contribution in [2.75, 3.05) is 18.1 Å². The van der Waals surface area contributed by atoms with Crippen molar-refractivity contribution in [3.05, 3.63) is 119 Å². The summed E-state index contributed by atoms with van der Waals surface area (Å²) in [6.45, 7) is 1.95. The molecule has 0 bridgehead atoms. The number of sulfonamides is 1. The Labute approximate surface area is 259 Å². The fraction of sp³-hybridized carbons (Fsp3) is 0.129. The van der Waals surface area contributed by atoms with E-state index in [0.717, 1.165) is 23.0 Å². The molecule has 3 aromatic carbocycles. The Kier molecular flexibility index (Phi) is 7.87. The number of rotatable bonds is 10. The molecule has 6 rings (SSSR count). The highest BCUT2D eigenvalue weighted by atomic mass is 32.2. The number of sulfone groups is 1. The van der Waals surface area contributed by atoms with Crippen LogP contribution in [0.25, 0.3) is 28.1 Å². The van der Waals surface area contributed by atoms with Crippen molar-refractivity contribution in [3.8, 4) is 17.1 Å². The summed E-state index contributed by atoms with van der Waals surface area (Å²) in [5.74, 6) is 0.333. The maximum atomic E-state index is 13.6. The number of aryl methyl sites for hydroxylation is 1. The monoisotopic (exact) mass is 643 g/mol. The molecular formula is C31H29N7O5S2. The Morgan fingerprint density at radius 1 is 0.956 bits per heavy atom. The summed E-state index contributed by atoms with van der Waals surface area (Å²) in [5.41, 5.74) is 4.09. The lowest BCUT2D eigenvalue weighted by Crippen LogP contribution is -2.34. The molecule has 0 aliphatic rings. The van der Waals surface area contributed by atoms with Crippen LogP contribution in [0.1, 0.15) is 17.2 Å². The van der Waals surface area contributed by atoms with E-state index >= 15 is 0 Å². The van der Waals surface area contributed by atoms with Crippen molar-refractivity contribution in [3.63, 3.8) is 0 Å². The summed E-state index contributed by atoms with van der Waals surface area (Å²) in [7, 11) is -8.13. The molecule has 6 aromatic rings. The van der Waals surface area contributed by atoms with Crippen LogP contribution in [-0.2, 0) is 19.9 Å². The van der Waals surface area contributed by atoms with Gasteiger partial charge in [0.1, 0.15) is 16.3 Å². The number of hydrogen-bond acceptors (Lipinski definition) is 8. The molecule has 0 fully saturated rings. The van der Waals surface area contributed by atoms with E-state index in [0.29, 0.717) is 22.6 Å². The molecule has 3 aromatic heterocycles. The molecule has 1 atom stereocenters. The van der Waals surface area contributed by atoms with Gasteiger partial charge in [0.2, 0.25) is 10.0 Å². The fourth-order valence-electron chi connectivity index (χ4n) is 5.17. The van der Waals surface area contributed by atoms with Crippen LogP contribution in [0, 0.1) is 6.92 Å². The topological polar surface area (TPSA) is 172 Å². The van der Waals surface area contributed by atoms with Crippen LogP contribution in [0.15, 0.2) is 112 Å². The van der Waals surface area contributed by atoms with Crippen LogP contribution in [0.3, 0.4) is 0 Å². The Hall–Kier alpha value is -5.05.